The van der Waals surface area contributed by atoms with Gasteiger partial charge in [0.15, 0.2) is 0 Å². The van der Waals surface area contributed by atoms with Crippen LogP contribution >= 0.6 is 0 Å². The Kier molecular flexibility index (Phi) is 4.82. The van der Waals surface area contributed by atoms with Crippen LogP contribution in [0.15, 0.2) is 48.8 Å². The largest absolute Gasteiger partial charge is 0.497 e. The first-order valence-electron chi connectivity index (χ1n) is 10.9. The Morgan fingerprint density at radius 2 is 1.91 bits per heavy atom. The number of rotatable bonds is 1. The first kappa shape index (κ1) is 20.4. The molecule has 2 atom stereocenters. The molecule has 0 radical (unpaired) electrons. The van der Waals surface area contributed by atoms with Crippen LogP contribution in [0, 0.1) is 17.3 Å². The zero-order valence-electron chi connectivity index (χ0n) is 18.8. The Balaban J connectivity index is 1.47. The second-order valence-electron chi connectivity index (χ2n) is 9.48. The quantitative estimate of drug-likeness (QED) is 0.528. The van der Waals surface area contributed by atoms with Crippen molar-refractivity contribution in [2.24, 2.45) is 5.41 Å². The average molecular weight is 427 g/mol. The number of fused-ring (bicyclic) bond motifs is 5. The van der Waals surface area contributed by atoms with Crippen LogP contribution in [0.3, 0.4) is 0 Å². The molecule has 3 aromatic rings. The van der Waals surface area contributed by atoms with Crippen molar-refractivity contribution in [2.75, 3.05) is 13.7 Å². The Hall–Kier alpha value is -3.52. The van der Waals surface area contributed by atoms with Crippen molar-refractivity contribution in [3.05, 3.63) is 65.5 Å². The molecule has 2 aliphatic rings. The number of benzene rings is 2. The number of hydrogen-bond acceptors (Lipinski definition) is 4. The topological polar surface area (TPSA) is 51.7 Å². The number of ether oxygens (including phenoxy) is 2. The van der Waals surface area contributed by atoms with E-state index in [1.807, 2.05) is 62.2 Å². The normalized spacial score (nSPS) is 19.1. The molecule has 5 heteroatoms. The molecule has 1 aromatic heterocycles. The van der Waals surface area contributed by atoms with Crippen molar-refractivity contribution in [1.82, 2.24) is 9.88 Å². The number of likely N-dealkylation sites (tertiary alicyclic amines) is 1. The first-order chi connectivity index (χ1) is 15.3. The molecule has 5 nitrogen and oxygen atoms in total. The van der Waals surface area contributed by atoms with Crippen molar-refractivity contribution in [3.63, 3.8) is 0 Å². The molecule has 0 saturated carbocycles. The maximum atomic E-state index is 13.0. The second kappa shape index (κ2) is 7.56. The zero-order chi connectivity index (χ0) is 22.5. The Morgan fingerprint density at radius 1 is 1.12 bits per heavy atom. The molecule has 0 unspecified atom stereocenters. The molecule has 3 heterocycles. The molecule has 1 saturated heterocycles. The second-order valence-corrected chi connectivity index (χ2v) is 9.48. The Bertz CT molecular complexity index is 1280. The summed E-state index contributed by atoms with van der Waals surface area (Å²) in [5.41, 5.74) is 2.21. The number of carbonyl (C=O) groups excluding carboxylic acids is 1. The van der Waals surface area contributed by atoms with Crippen LogP contribution in [0.25, 0.3) is 10.8 Å². The first-order valence-corrected chi connectivity index (χ1v) is 10.9. The van der Waals surface area contributed by atoms with Gasteiger partial charge in [0.1, 0.15) is 17.6 Å². The lowest BCUT2D eigenvalue weighted by atomic mass is 9.93. The van der Waals surface area contributed by atoms with Gasteiger partial charge in [0.25, 0.3) is 0 Å². The van der Waals surface area contributed by atoms with Gasteiger partial charge >= 0.3 is 0 Å². The minimum absolute atomic E-state index is 0.000347. The number of nitrogens with zero attached hydrogens (tertiary/aromatic N) is 2. The monoisotopic (exact) mass is 426 g/mol. The van der Waals surface area contributed by atoms with Crippen LogP contribution in [0.1, 0.15) is 49.9 Å². The van der Waals surface area contributed by atoms with E-state index in [9.17, 15) is 4.79 Å². The summed E-state index contributed by atoms with van der Waals surface area (Å²) in [7, 11) is 1.67. The van der Waals surface area contributed by atoms with Crippen LogP contribution < -0.4 is 9.47 Å². The van der Waals surface area contributed by atoms with Gasteiger partial charge in [0.05, 0.1) is 25.3 Å². The predicted molar refractivity (Wildman–Crippen MR) is 124 cm³/mol. The van der Waals surface area contributed by atoms with Crippen molar-refractivity contribution in [2.45, 2.75) is 39.3 Å². The molecule has 1 fully saturated rings. The smallest absolute Gasteiger partial charge is 0.228 e. The number of amides is 1. The van der Waals surface area contributed by atoms with Gasteiger partial charge in [0, 0.05) is 35.4 Å². The number of carbonyl (C=O) groups is 1. The maximum Gasteiger partial charge on any atom is 0.228 e. The van der Waals surface area contributed by atoms with E-state index in [1.165, 1.54) is 0 Å². The molecular formula is C27H26N2O3. The molecule has 2 aromatic carbocycles. The van der Waals surface area contributed by atoms with Gasteiger partial charge in [-0.05, 0) is 35.0 Å². The van der Waals surface area contributed by atoms with Crippen molar-refractivity contribution < 1.29 is 14.3 Å². The molecule has 32 heavy (non-hydrogen) atoms. The van der Waals surface area contributed by atoms with Gasteiger partial charge in [-0.15, -0.1) is 0 Å². The highest BCUT2D eigenvalue weighted by Crippen LogP contribution is 2.45. The summed E-state index contributed by atoms with van der Waals surface area (Å²) >= 11 is 0. The van der Waals surface area contributed by atoms with Crippen LogP contribution in [-0.2, 0) is 4.79 Å². The standard InChI is InChI=1S/C27H26N2O3/c1-27(2,3)26(30)29-16-22-13-24(29)23-15-28-14-20(25(23)32-22)8-6-17-5-7-19-12-21(31-4)10-9-18(19)11-17/h5,7,9-12,14-15,22,24H,13,16H2,1-4H3/t22-,24-/m0/s1. The summed E-state index contributed by atoms with van der Waals surface area (Å²) in [5.74, 6) is 8.26. The highest BCUT2D eigenvalue weighted by atomic mass is 16.5. The van der Waals surface area contributed by atoms with Gasteiger partial charge in [0.2, 0.25) is 5.91 Å². The van der Waals surface area contributed by atoms with Crippen LogP contribution in [0.4, 0.5) is 0 Å². The summed E-state index contributed by atoms with van der Waals surface area (Å²) in [5, 5.41) is 2.22. The minimum atomic E-state index is -0.428. The summed E-state index contributed by atoms with van der Waals surface area (Å²) in [6.45, 7) is 6.48. The predicted octanol–water partition coefficient (Wildman–Crippen LogP) is 4.72. The van der Waals surface area contributed by atoms with Gasteiger partial charge in [-0.3, -0.25) is 9.78 Å². The summed E-state index contributed by atoms with van der Waals surface area (Å²) < 4.78 is 11.6. The summed E-state index contributed by atoms with van der Waals surface area (Å²) in [6, 6.07) is 12.1. The maximum absolute atomic E-state index is 13.0. The van der Waals surface area contributed by atoms with Crippen LogP contribution in [0.5, 0.6) is 11.5 Å². The minimum Gasteiger partial charge on any atom is -0.497 e. The lowest BCUT2D eigenvalue weighted by Gasteiger charge is -2.31. The summed E-state index contributed by atoms with van der Waals surface area (Å²) in [4.78, 5) is 19.3. The van der Waals surface area contributed by atoms with Gasteiger partial charge < -0.3 is 14.4 Å². The number of pyridine rings is 1. The Morgan fingerprint density at radius 3 is 2.69 bits per heavy atom. The fourth-order valence-corrected chi connectivity index (χ4v) is 4.49. The van der Waals surface area contributed by atoms with E-state index in [0.717, 1.165) is 45.4 Å². The molecule has 1 amide bonds. The van der Waals surface area contributed by atoms with E-state index in [0.29, 0.717) is 6.54 Å². The third-order valence-corrected chi connectivity index (χ3v) is 6.12. The molecule has 2 bridgehead atoms. The summed E-state index contributed by atoms with van der Waals surface area (Å²) in [6.07, 6.45) is 4.37. The van der Waals surface area contributed by atoms with E-state index in [2.05, 4.69) is 22.9 Å². The SMILES string of the molecule is COc1ccc2cc(C#Cc3cncc4c3O[C@H]3C[C@@H]4N(C(=O)C(C)(C)C)C3)ccc2c1. The lowest BCUT2D eigenvalue weighted by Crippen LogP contribution is -2.39. The van der Waals surface area contributed by atoms with E-state index < -0.39 is 5.41 Å². The third kappa shape index (κ3) is 3.56. The highest BCUT2D eigenvalue weighted by molar-refractivity contribution is 5.85. The molecule has 0 N–H and O–H groups in total. The van der Waals surface area contributed by atoms with Crippen LogP contribution in [-0.4, -0.2) is 35.5 Å². The molecule has 5 rings (SSSR count). The van der Waals surface area contributed by atoms with E-state index >= 15 is 0 Å². The zero-order valence-corrected chi connectivity index (χ0v) is 18.8. The molecule has 0 aliphatic carbocycles. The van der Waals surface area contributed by atoms with Gasteiger partial charge in [-0.1, -0.05) is 44.7 Å². The molecule has 2 aliphatic heterocycles. The van der Waals surface area contributed by atoms with Crippen molar-refractivity contribution >= 4 is 16.7 Å². The Labute approximate surface area is 188 Å². The van der Waals surface area contributed by atoms with Crippen molar-refractivity contribution in [3.8, 4) is 23.3 Å². The molecule has 0 spiro atoms. The van der Waals surface area contributed by atoms with Gasteiger partial charge in [-0.25, -0.2) is 0 Å². The fraction of sp³-hybridized carbons (Fsp3) is 0.333. The van der Waals surface area contributed by atoms with E-state index in [-0.39, 0.29) is 18.1 Å². The third-order valence-electron chi connectivity index (χ3n) is 6.12. The molecular weight excluding hydrogens is 400 g/mol. The number of hydrogen-bond donors (Lipinski definition) is 0. The molecule has 162 valence electrons. The lowest BCUT2D eigenvalue weighted by molar-refractivity contribution is -0.140. The van der Waals surface area contributed by atoms with Gasteiger partial charge in [-0.2, -0.15) is 0 Å². The number of methoxy groups -OCH3 is 1. The fourth-order valence-electron chi connectivity index (χ4n) is 4.49. The number of aromatic nitrogens is 1. The van der Waals surface area contributed by atoms with E-state index in [4.69, 9.17) is 9.47 Å². The van der Waals surface area contributed by atoms with E-state index in [1.54, 1.807) is 13.3 Å². The highest BCUT2D eigenvalue weighted by Gasteiger charge is 2.45. The van der Waals surface area contributed by atoms with Crippen molar-refractivity contribution in [1.29, 1.82) is 0 Å². The average Bonchev–Trinajstić information content (AvgIpc) is 3.13. The van der Waals surface area contributed by atoms with Crippen LogP contribution in [0.2, 0.25) is 0 Å².